The third-order valence-electron chi connectivity index (χ3n) is 3.07. The second-order valence-electron chi connectivity index (χ2n) is 4.10. The molecular formula is C11H18N2O2. The van der Waals surface area contributed by atoms with Crippen molar-refractivity contribution in [2.75, 3.05) is 19.8 Å². The highest BCUT2D eigenvalue weighted by Gasteiger charge is 2.31. The Morgan fingerprint density at radius 3 is 2.87 bits per heavy atom. The molecule has 0 amide bonds. The molecule has 1 fully saturated rings. The zero-order valence-electron chi connectivity index (χ0n) is 8.83. The molecule has 1 saturated heterocycles. The van der Waals surface area contributed by atoms with Crippen molar-refractivity contribution in [2.45, 2.75) is 24.9 Å². The van der Waals surface area contributed by atoms with Gasteiger partial charge in [0, 0.05) is 37.2 Å². The summed E-state index contributed by atoms with van der Waals surface area (Å²) in [6.45, 7) is 2.42. The molecule has 0 aromatic carbocycles. The lowest BCUT2D eigenvalue weighted by molar-refractivity contribution is 0.0110. The van der Waals surface area contributed by atoms with Gasteiger partial charge in [-0.1, -0.05) is 0 Å². The zero-order valence-corrected chi connectivity index (χ0v) is 8.83. The Hall–Kier alpha value is -0.840. The summed E-state index contributed by atoms with van der Waals surface area (Å²) in [7, 11) is 0. The zero-order chi connectivity index (χ0) is 10.6. The number of aromatic amines is 1. The van der Waals surface area contributed by atoms with Crippen LogP contribution in [0.15, 0.2) is 18.3 Å². The smallest absolute Gasteiger partial charge is 0.0615 e. The molecule has 4 nitrogen and oxygen atoms in total. The molecule has 1 aliphatic rings. The molecule has 0 aliphatic carbocycles. The third-order valence-corrected chi connectivity index (χ3v) is 3.07. The van der Waals surface area contributed by atoms with E-state index >= 15 is 0 Å². The molecule has 4 heteroatoms. The maximum atomic E-state index is 9.44. The highest BCUT2D eigenvalue weighted by atomic mass is 16.5. The Morgan fingerprint density at radius 2 is 2.27 bits per heavy atom. The minimum atomic E-state index is -0.149. The maximum absolute atomic E-state index is 9.44. The third kappa shape index (κ3) is 2.59. The lowest BCUT2D eigenvalue weighted by Crippen LogP contribution is -2.51. The summed E-state index contributed by atoms with van der Waals surface area (Å²) < 4.78 is 5.30. The predicted molar refractivity (Wildman–Crippen MR) is 57.5 cm³/mol. The number of hydrogen-bond acceptors (Lipinski definition) is 3. The number of ether oxygens (including phenoxy) is 1. The first-order valence-electron chi connectivity index (χ1n) is 5.41. The van der Waals surface area contributed by atoms with Crippen LogP contribution in [0.1, 0.15) is 18.5 Å². The van der Waals surface area contributed by atoms with E-state index in [1.165, 1.54) is 0 Å². The fourth-order valence-electron chi connectivity index (χ4n) is 1.91. The van der Waals surface area contributed by atoms with E-state index in [-0.39, 0.29) is 12.1 Å². The largest absolute Gasteiger partial charge is 0.394 e. The monoisotopic (exact) mass is 210 g/mol. The van der Waals surface area contributed by atoms with Crippen molar-refractivity contribution >= 4 is 0 Å². The molecule has 0 radical (unpaired) electrons. The van der Waals surface area contributed by atoms with Gasteiger partial charge >= 0.3 is 0 Å². The van der Waals surface area contributed by atoms with E-state index in [0.717, 1.165) is 38.3 Å². The van der Waals surface area contributed by atoms with Gasteiger partial charge in [-0.25, -0.2) is 0 Å². The van der Waals surface area contributed by atoms with Crippen LogP contribution in [0.5, 0.6) is 0 Å². The molecule has 3 N–H and O–H groups in total. The molecule has 1 aromatic heterocycles. The first kappa shape index (κ1) is 10.7. The van der Waals surface area contributed by atoms with E-state index in [9.17, 15) is 5.11 Å². The molecular weight excluding hydrogens is 192 g/mol. The second-order valence-corrected chi connectivity index (χ2v) is 4.10. The summed E-state index contributed by atoms with van der Waals surface area (Å²) in [5.41, 5.74) is 0.998. The normalized spacial score (nSPS) is 20.3. The molecule has 1 aromatic rings. The number of aliphatic hydroxyl groups excluding tert-OH is 1. The van der Waals surface area contributed by atoms with Crippen molar-refractivity contribution in [2.24, 2.45) is 0 Å². The molecule has 1 aliphatic heterocycles. The molecule has 0 unspecified atom stereocenters. The molecule has 2 rings (SSSR count). The molecule has 0 spiro atoms. The van der Waals surface area contributed by atoms with E-state index < -0.39 is 0 Å². The molecule has 2 heterocycles. The topological polar surface area (TPSA) is 57.3 Å². The van der Waals surface area contributed by atoms with Crippen LogP contribution in [0.25, 0.3) is 0 Å². The van der Waals surface area contributed by atoms with Crippen LogP contribution < -0.4 is 5.32 Å². The minimum absolute atomic E-state index is 0.149. The Morgan fingerprint density at radius 1 is 1.47 bits per heavy atom. The van der Waals surface area contributed by atoms with Crippen LogP contribution in [-0.4, -0.2) is 35.5 Å². The van der Waals surface area contributed by atoms with Crippen LogP contribution >= 0.6 is 0 Å². The molecule has 15 heavy (non-hydrogen) atoms. The average molecular weight is 210 g/mol. The van der Waals surface area contributed by atoms with Gasteiger partial charge in [0.25, 0.3) is 0 Å². The molecule has 0 atom stereocenters. The minimum Gasteiger partial charge on any atom is -0.394 e. The molecule has 0 saturated carbocycles. The maximum Gasteiger partial charge on any atom is 0.0615 e. The SMILES string of the molecule is OCC1(NCc2ccc[nH]2)CCOCC1. The van der Waals surface area contributed by atoms with Gasteiger partial charge in [0.1, 0.15) is 0 Å². The first-order chi connectivity index (χ1) is 7.35. The first-order valence-corrected chi connectivity index (χ1v) is 5.41. The quantitative estimate of drug-likeness (QED) is 0.683. The van der Waals surface area contributed by atoms with Gasteiger partial charge in [0.15, 0.2) is 0 Å². The summed E-state index contributed by atoms with van der Waals surface area (Å²) in [6, 6.07) is 4.02. The second kappa shape index (κ2) is 4.79. The standard InChI is InChI=1S/C11H18N2O2/c14-9-11(3-6-15-7-4-11)13-8-10-2-1-5-12-10/h1-2,5,12-14H,3-4,6-9H2. The van der Waals surface area contributed by atoms with Crippen molar-refractivity contribution < 1.29 is 9.84 Å². The number of aromatic nitrogens is 1. The van der Waals surface area contributed by atoms with Gasteiger partial charge in [-0.15, -0.1) is 0 Å². The summed E-state index contributed by atoms with van der Waals surface area (Å²) in [5.74, 6) is 0. The Bertz CT molecular complexity index is 279. The number of hydrogen-bond donors (Lipinski definition) is 3. The van der Waals surface area contributed by atoms with Crippen molar-refractivity contribution in [3.8, 4) is 0 Å². The fraction of sp³-hybridized carbons (Fsp3) is 0.636. The highest BCUT2D eigenvalue weighted by molar-refractivity contribution is 5.04. The van der Waals surface area contributed by atoms with E-state index in [0.29, 0.717) is 0 Å². The summed E-state index contributed by atoms with van der Waals surface area (Å²) >= 11 is 0. The van der Waals surface area contributed by atoms with Crippen LogP contribution in [0, 0.1) is 0 Å². The van der Waals surface area contributed by atoms with Crippen LogP contribution in [0.3, 0.4) is 0 Å². The number of rotatable bonds is 4. The van der Waals surface area contributed by atoms with E-state index in [1.807, 2.05) is 18.3 Å². The van der Waals surface area contributed by atoms with Crippen LogP contribution in [0.2, 0.25) is 0 Å². The van der Waals surface area contributed by atoms with E-state index in [4.69, 9.17) is 4.74 Å². The number of aliphatic hydroxyl groups is 1. The van der Waals surface area contributed by atoms with Gasteiger partial charge in [0.2, 0.25) is 0 Å². The van der Waals surface area contributed by atoms with Gasteiger partial charge in [0.05, 0.1) is 6.61 Å². The highest BCUT2D eigenvalue weighted by Crippen LogP contribution is 2.20. The summed E-state index contributed by atoms with van der Waals surface area (Å²) in [5, 5.41) is 12.9. The Labute approximate surface area is 89.6 Å². The molecule has 0 bridgehead atoms. The van der Waals surface area contributed by atoms with E-state index in [1.54, 1.807) is 0 Å². The van der Waals surface area contributed by atoms with Crippen molar-refractivity contribution in [1.29, 1.82) is 0 Å². The average Bonchev–Trinajstić information content (AvgIpc) is 2.81. The van der Waals surface area contributed by atoms with Gasteiger partial charge in [-0.05, 0) is 25.0 Å². The number of nitrogens with one attached hydrogen (secondary N) is 2. The predicted octanol–water partition coefficient (Wildman–Crippen LogP) is 0.646. The van der Waals surface area contributed by atoms with Crippen molar-refractivity contribution in [3.63, 3.8) is 0 Å². The van der Waals surface area contributed by atoms with Crippen LogP contribution in [0.4, 0.5) is 0 Å². The van der Waals surface area contributed by atoms with Crippen molar-refractivity contribution in [3.05, 3.63) is 24.0 Å². The van der Waals surface area contributed by atoms with Gasteiger partial charge in [-0.2, -0.15) is 0 Å². The van der Waals surface area contributed by atoms with Crippen LogP contribution in [-0.2, 0) is 11.3 Å². The summed E-state index contributed by atoms with van der Waals surface area (Å²) in [4.78, 5) is 3.14. The Kier molecular flexibility index (Phi) is 3.41. The van der Waals surface area contributed by atoms with Gasteiger partial charge < -0.3 is 20.1 Å². The fourth-order valence-corrected chi connectivity index (χ4v) is 1.91. The lowest BCUT2D eigenvalue weighted by atomic mass is 9.91. The molecule has 84 valence electrons. The number of H-pyrrole nitrogens is 1. The Balaban J connectivity index is 1.89. The summed E-state index contributed by atoms with van der Waals surface area (Å²) in [6.07, 6.45) is 3.67. The van der Waals surface area contributed by atoms with Crippen molar-refractivity contribution in [1.82, 2.24) is 10.3 Å². The van der Waals surface area contributed by atoms with Gasteiger partial charge in [-0.3, -0.25) is 0 Å². The van der Waals surface area contributed by atoms with E-state index in [2.05, 4.69) is 10.3 Å². The lowest BCUT2D eigenvalue weighted by Gasteiger charge is -2.36.